The van der Waals surface area contributed by atoms with E-state index in [4.69, 9.17) is 10.8 Å². The van der Waals surface area contributed by atoms with Crippen LogP contribution in [-0.2, 0) is 11.2 Å². The Kier molecular flexibility index (Phi) is 3.09. The lowest BCUT2D eigenvalue weighted by molar-refractivity contribution is -0.138. The Morgan fingerprint density at radius 1 is 1.57 bits per heavy atom. The van der Waals surface area contributed by atoms with Gasteiger partial charge in [0.2, 0.25) is 0 Å². The van der Waals surface area contributed by atoms with E-state index in [1.165, 1.54) is 12.1 Å². The van der Waals surface area contributed by atoms with Gasteiger partial charge in [-0.1, -0.05) is 13.0 Å². The van der Waals surface area contributed by atoms with Crippen LogP contribution in [0.3, 0.4) is 0 Å². The quantitative estimate of drug-likeness (QED) is 0.672. The number of aliphatic carboxylic acids is 1. The van der Waals surface area contributed by atoms with Crippen LogP contribution in [0.4, 0.5) is 0 Å². The van der Waals surface area contributed by atoms with Crippen LogP contribution in [0.5, 0.6) is 5.75 Å². The van der Waals surface area contributed by atoms with Crippen LogP contribution in [-0.4, -0.2) is 16.2 Å². The summed E-state index contributed by atoms with van der Waals surface area (Å²) in [5.74, 6) is -1.06. The zero-order chi connectivity index (χ0) is 10.7. The van der Waals surface area contributed by atoms with E-state index in [9.17, 15) is 9.90 Å². The summed E-state index contributed by atoms with van der Waals surface area (Å²) in [6.07, 6.45) is 0.691. The molecule has 4 nitrogen and oxygen atoms in total. The number of rotatable bonds is 3. The summed E-state index contributed by atoms with van der Waals surface area (Å²) in [5.41, 5.74) is 6.79. The molecule has 14 heavy (non-hydrogen) atoms. The molecule has 0 radical (unpaired) electrons. The van der Waals surface area contributed by atoms with Crippen LogP contribution in [0, 0.1) is 0 Å². The lowest BCUT2D eigenvalue weighted by Crippen LogP contribution is -2.21. The molecule has 0 fully saturated rings. The molecule has 0 heterocycles. The van der Waals surface area contributed by atoms with Crippen molar-refractivity contribution in [1.29, 1.82) is 0 Å². The molecular formula is C10H13NO3. The van der Waals surface area contributed by atoms with E-state index in [1.807, 2.05) is 6.92 Å². The van der Waals surface area contributed by atoms with Gasteiger partial charge in [-0.05, 0) is 29.7 Å². The average molecular weight is 195 g/mol. The monoisotopic (exact) mass is 195 g/mol. The molecule has 4 heteroatoms. The van der Waals surface area contributed by atoms with Crippen LogP contribution in [0.25, 0.3) is 0 Å². The number of benzene rings is 1. The second-order valence-corrected chi connectivity index (χ2v) is 3.05. The summed E-state index contributed by atoms with van der Waals surface area (Å²) in [4.78, 5) is 10.7. The number of carboxylic acid groups (broad SMARTS) is 1. The zero-order valence-corrected chi connectivity index (χ0v) is 7.90. The van der Waals surface area contributed by atoms with Gasteiger partial charge in [-0.3, -0.25) is 4.79 Å². The number of hydrogen-bond acceptors (Lipinski definition) is 3. The van der Waals surface area contributed by atoms with Gasteiger partial charge in [0.05, 0.1) is 0 Å². The van der Waals surface area contributed by atoms with Crippen molar-refractivity contribution < 1.29 is 15.0 Å². The molecule has 0 saturated heterocycles. The number of carbonyl (C=O) groups is 1. The van der Waals surface area contributed by atoms with Crippen LogP contribution in [0.1, 0.15) is 24.1 Å². The van der Waals surface area contributed by atoms with Gasteiger partial charge in [0, 0.05) is 0 Å². The highest BCUT2D eigenvalue weighted by molar-refractivity contribution is 5.76. The van der Waals surface area contributed by atoms with Gasteiger partial charge in [-0.2, -0.15) is 0 Å². The first kappa shape index (κ1) is 10.5. The molecule has 0 bridgehead atoms. The van der Waals surface area contributed by atoms with Crippen molar-refractivity contribution in [2.24, 2.45) is 5.73 Å². The summed E-state index contributed by atoms with van der Waals surface area (Å²) >= 11 is 0. The number of aryl methyl sites for hydroxylation is 1. The molecule has 1 aromatic carbocycles. The maximum absolute atomic E-state index is 10.7. The van der Waals surface area contributed by atoms with Gasteiger partial charge >= 0.3 is 5.97 Å². The maximum atomic E-state index is 10.7. The number of carboxylic acids is 1. The zero-order valence-electron chi connectivity index (χ0n) is 7.90. The minimum atomic E-state index is -1.09. The Morgan fingerprint density at radius 3 is 2.71 bits per heavy atom. The molecule has 0 spiro atoms. The van der Waals surface area contributed by atoms with Crippen LogP contribution >= 0.6 is 0 Å². The molecule has 0 amide bonds. The molecule has 4 N–H and O–H groups in total. The van der Waals surface area contributed by atoms with E-state index in [2.05, 4.69) is 0 Å². The first-order chi connectivity index (χ1) is 6.56. The third kappa shape index (κ3) is 2.03. The van der Waals surface area contributed by atoms with Gasteiger partial charge in [-0.15, -0.1) is 0 Å². The molecule has 0 aliphatic carbocycles. The van der Waals surface area contributed by atoms with Gasteiger partial charge in [0.1, 0.15) is 11.8 Å². The number of nitrogens with two attached hydrogens (primary N) is 1. The number of hydrogen-bond donors (Lipinski definition) is 3. The van der Waals surface area contributed by atoms with Crippen molar-refractivity contribution in [2.45, 2.75) is 19.4 Å². The summed E-state index contributed by atoms with van der Waals surface area (Å²) in [5, 5.41) is 18.0. The normalized spacial score (nSPS) is 12.4. The number of phenolic OH excluding ortho intramolecular Hbond substituents is 1. The minimum absolute atomic E-state index is 0.0360. The SMILES string of the molecule is CCc1ccc(O)cc1C(N)C(=O)O. The van der Waals surface area contributed by atoms with Crippen molar-refractivity contribution in [2.75, 3.05) is 0 Å². The Morgan fingerprint density at radius 2 is 2.21 bits per heavy atom. The van der Waals surface area contributed by atoms with Crippen molar-refractivity contribution >= 4 is 5.97 Å². The molecule has 0 aromatic heterocycles. The average Bonchev–Trinajstić information content (AvgIpc) is 2.16. The highest BCUT2D eigenvalue weighted by Crippen LogP contribution is 2.22. The predicted octanol–water partition coefficient (Wildman–Crippen LogP) is 1.04. The van der Waals surface area contributed by atoms with Gasteiger partial charge in [0.25, 0.3) is 0 Å². The molecule has 0 aliphatic rings. The fourth-order valence-corrected chi connectivity index (χ4v) is 1.33. The highest BCUT2D eigenvalue weighted by Gasteiger charge is 2.17. The van der Waals surface area contributed by atoms with Crippen molar-refractivity contribution in [3.05, 3.63) is 29.3 Å². The van der Waals surface area contributed by atoms with Gasteiger partial charge in [-0.25, -0.2) is 0 Å². The largest absolute Gasteiger partial charge is 0.508 e. The van der Waals surface area contributed by atoms with E-state index in [0.29, 0.717) is 12.0 Å². The Hall–Kier alpha value is -1.55. The Balaban J connectivity index is 3.16. The Bertz CT molecular complexity index is 349. The molecular weight excluding hydrogens is 182 g/mol. The molecule has 1 rings (SSSR count). The lowest BCUT2D eigenvalue weighted by Gasteiger charge is -2.11. The van der Waals surface area contributed by atoms with E-state index in [-0.39, 0.29) is 5.75 Å². The standard InChI is InChI=1S/C10H13NO3/c1-2-6-3-4-7(12)5-8(6)9(11)10(13)14/h3-5,9,12H,2,11H2,1H3,(H,13,14). The minimum Gasteiger partial charge on any atom is -0.508 e. The molecule has 1 unspecified atom stereocenters. The second kappa shape index (κ2) is 4.11. The Labute approximate surface area is 82.0 Å². The van der Waals surface area contributed by atoms with Crippen LogP contribution in [0.2, 0.25) is 0 Å². The maximum Gasteiger partial charge on any atom is 0.325 e. The third-order valence-electron chi connectivity index (χ3n) is 2.11. The smallest absolute Gasteiger partial charge is 0.325 e. The van der Waals surface area contributed by atoms with Gasteiger partial charge < -0.3 is 15.9 Å². The van der Waals surface area contributed by atoms with Gasteiger partial charge in [0.15, 0.2) is 0 Å². The lowest BCUT2D eigenvalue weighted by atomic mass is 9.99. The van der Waals surface area contributed by atoms with Crippen molar-refractivity contribution in [1.82, 2.24) is 0 Å². The van der Waals surface area contributed by atoms with E-state index in [1.54, 1.807) is 6.07 Å². The third-order valence-corrected chi connectivity index (χ3v) is 2.11. The summed E-state index contributed by atoms with van der Waals surface area (Å²) in [6.45, 7) is 1.91. The molecule has 0 saturated carbocycles. The van der Waals surface area contributed by atoms with Crippen LogP contribution in [0.15, 0.2) is 18.2 Å². The molecule has 76 valence electrons. The fourth-order valence-electron chi connectivity index (χ4n) is 1.33. The summed E-state index contributed by atoms with van der Waals surface area (Å²) < 4.78 is 0. The molecule has 0 aliphatic heterocycles. The van der Waals surface area contributed by atoms with Crippen LogP contribution < -0.4 is 5.73 Å². The number of aromatic hydroxyl groups is 1. The second-order valence-electron chi connectivity index (χ2n) is 3.05. The topological polar surface area (TPSA) is 83.5 Å². The molecule has 1 aromatic rings. The van der Waals surface area contributed by atoms with Crippen molar-refractivity contribution in [3.8, 4) is 5.75 Å². The van der Waals surface area contributed by atoms with E-state index < -0.39 is 12.0 Å². The fraction of sp³-hybridized carbons (Fsp3) is 0.300. The van der Waals surface area contributed by atoms with E-state index in [0.717, 1.165) is 5.56 Å². The summed E-state index contributed by atoms with van der Waals surface area (Å²) in [7, 11) is 0. The summed E-state index contributed by atoms with van der Waals surface area (Å²) in [6, 6.07) is 3.54. The van der Waals surface area contributed by atoms with Crippen molar-refractivity contribution in [3.63, 3.8) is 0 Å². The molecule has 1 atom stereocenters. The first-order valence-electron chi connectivity index (χ1n) is 4.36. The van der Waals surface area contributed by atoms with E-state index >= 15 is 0 Å². The first-order valence-corrected chi connectivity index (χ1v) is 4.36. The highest BCUT2D eigenvalue weighted by atomic mass is 16.4. The number of phenols is 1. The predicted molar refractivity (Wildman–Crippen MR) is 52.0 cm³/mol.